The molecule has 0 radical (unpaired) electrons. The first kappa shape index (κ1) is 18.6. The van der Waals surface area contributed by atoms with Crippen molar-refractivity contribution in [2.75, 3.05) is 38.2 Å². The second-order valence-corrected chi connectivity index (χ2v) is 6.60. The number of nitrogens with one attached hydrogen (secondary N) is 2. The molecule has 0 aliphatic carbocycles. The number of rotatable bonds is 5. The summed E-state index contributed by atoms with van der Waals surface area (Å²) >= 11 is 6.11. The van der Waals surface area contributed by atoms with Gasteiger partial charge in [0.1, 0.15) is 0 Å². The number of amides is 2. The summed E-state index contributed by atoms with van der Waals surface area (Å²) in [5.74, 6) is 0. The highest BCUT2D eigenvalue weighted by Gasteiger charge is 2.23. The number of nitrogens with zero attached hydrogens (tertiary/aromatic N) is 2. The lowest BCUT2D eigenvalue weighted by Crippen LogP contribution is -2.44. The lowest BCUT2D eigenvalue weighted by molar-refractivity contribution is 0.0167. The number of pyridine rings is 1. The van der Waals surface area contributed by atoms with E-state index in [1.54, 1.807) is 18.5 Å². The van der Waals surface area contributed by atoms with Crippen molar-refractivity contribution in [3.8, 4) is 0 Å². The van der Waals surface area contributed by atoms with E-state index in [2.05, 4.69) is 20.5 Å². The van der Waals surface area contributed by atoms with Gasteiger partial charge in [0.15, 0.2) is 0 Å². The van der Waals surface area contributed by atoms with Crippen molar-refractivity contribution in [3.63, 3.8) is 0 Å². The van der Waals surface area contributed by atoms with Crippen LogP contribution in [0.3, 0.4) is 0 Å². The minimum Gasteiger partial charge on any atom is -0.379 e. The molecule has 1 fully saturated rings. The van der Waals surface area contributed by atoms with Gasteiger partial charge < -0.3 is 15.4 Å². The van der Waals surface area contributed by atoms with E-state index >= 15 is 0 Å². The zero-order valence-electron chi connectivity index (χ0n) is 14.7. The fourth-order valence-electron chi connectivity index (χ4n) is 3.03. The van der Waals surface area contributed by atoms with Gasteiger partial charge in [-0.15, -0.1) is 0 Å². The van der Waals surface area contributed by atoms with Crippen molar-refractivity contribution in [2.24, 2.45) is 0 Å². The third-order valence-corrected chi connectivity index (χ3v) is 4.96. The number of aromatic nitrogens is 1. The normalized spacial score (nSPS) is 16.1. The molecule has 1 aromatic carbocycles. The van der Waals surface area contributed by atoms with E-state index < -0.39 is 0 Å². The zero-order valence-corrected chi connectivity index (χ0v) is 15.5. The molecule has 26 heavy (non-hydrogen) atoms. The van der Waals surface area contributed by atoms with Gasteiger partial charge in [-0.3, -0.25) is 9.88 Å². The predicted octanol–water partition coefficient (Wildman–Crippen LogP) is 3.24. The standard InChI is InChI=1S/C19H23ClN4O2/c1-14-16(20)3-2-4-17(14)23-19(25)22-13-18(15-5-7-21-8-6-15)24-9-11-26-12-10-24/h2-8,18H,9-13H2,1H3,(H2,22,23,25). The van der Waals surface area contributed by atoms with E-state index in [1.165, 1.54) is 0 Å². The van der Waals surface area contributed by atoms with E-state index in [0.29, 0.717) is 30.5 Å². The van der Waals surface area contributed by atoms with Crippen LogP contribution in [0.5, 0.6) is 0 Å². The fourth-order valence-corrected chi connectivity index (χ4v) is 3.21. The summed E-state index contributed by atoms with van der Waals surface area (Å²) in [6.07, 6.45) is 3.55. The van der Waals surface area contributed by atoms with Crippen molar-refractivity contribution in [2.45, 2.75) is 13.0 Å². The van der Waals surface area contributed by atoms with Gasteiger partial charge in [0, 0.05) is 42.7 Å². The van der Waals surface area contributed by atoms with Crippen LogP contribution in [-0.2, 0) is 4.74 Å². The summed E-state index contributed by atoms with van der Waals surface area (Å²) in [7, 11) is 0. The van der Waals surface area contributed by atoms with Crippen molar-refractivity contribution in [3.05, 3.63) is 58.9 Å². The van der Waals surface area contributed by atoms with Gasteiger partial charge in [0.05, 0.1) is 19.3 Å². The highest BCUT2D eigenvalue weighted by atomic mass is 35.5. The Morgan fingerprint density at radius 1 is 1.27 bits per heavy atom. The second kappa shape index (κ2) is 8.98. The van der Waals surface area contributed by atoms with Gasteiger partial charge in [-0.25, -0.2) is 4.79 Å². The minimum atomic E-state index is -0.248. The topological polar surface area (TPSA) is 66.5 Å². The number of ether oxygens (including phenoxy) is 1. The highest BCUT2D eigenvalue weighted by Crippen LogP contribution is 2.23. The van der Waals surface area contributed by atoms with E-state index in [9.17, 15) is 4.79 Å². The van der Waals surface area contributed by atoms with Crippen LogP contribution in [0.2, 0.25) is 5.02 Å². The molecule has 1 unspecified atom stereocenters. The number of carbonyl (C=O) groups is 1. The smallest absolute Gasteiger partial charge is 0.319 e. The van der Waals surface area contributed by atoms with Gasteiger partial charge in [-0.05, 0) is 42.3 Å². The molecule has 0 spiro atoms. The Balaban J connectivity index is 1.65. The molecule has 6 nitrogen and oxygen atoms in total. The largest absolute Gasteiger partial charge is 0.379 e. The molecule has 1 aromatic heterocycles. The third kappa shape index (κ3) is 4.72. The van der Waals surface area contributed by atoms with Gasteiger partial charge in [0.2, 0.25) is 0 Å². The third-order valence-electron chi connectivity index (χ3n) is 4.55. The molecule has 0 bridgehead atoms. The molecular formula is C19H23ClN4O2. The molecule has 7 heteroatoms. The number of carbonyl (C=O) groups excluding carboxylic acids is 1. The van der Waals surface area contributed by atoms with Crippen LogP contribution in [0.4, 0.5) is 10.5 Å². The lowest BCUT2D eigenvalue weighted by atomic mass is 10.1. The number of hydrogen-bond acceptors (Lipinski definition) is 4. The number of halogens is 1. The first-order valence-corrected chi connectivity index (χ1v) is 9.04. The van der Waals surface area contributed by atoms with Crippen LogP contribution in [-0.4, -0.2) is 48.8 Å². The second-order valence-electron chi connectivity index (χ2n) is 6.19. The minimum absolute atomic E-state index is 0.0770. The average molecular weight is 375 g/mol. The number of benzene rings is 1. The van der Waals surface area contributed by atoms with E-state index in [-0.39, 0.29) is 12.1 Å². The van der Waals surface area contributed by atoms with Gasteiger partial charge in [0.25, 0.3) is 0 Å². The number of hydrogen-bond donors (Lipinski definition) is 2. The SMILES string of the molecule is Cc1c(Cl)cccc1NC(=O)NCC(c1ccncc1)N1CCOCC1. The fraction of sp³-hybridized carbons (Fsp3) is 0.368. The van der Waals surface area contributed by atoms with Gasteiger partial charge >= 0.3 is 6.03 Å². The van der Waals surface area contributed by atoms with Gasteiger partial charge in [-0.1, -0.05) is 17.7 Å². The quantitative estimate of drug-likeness (QED) is 0.843. The van der Waals surface area contributed by atoms with Crippen molar-refractivity contribution in [1.82, 2.24) is 15.2 Å². The molecule has 0 saturated carbocycles. The molecule has 2 heterocycles. The molecule has 1 saturated heterocycles. The summed E-state index contributed by atoms with van der Waals surface area (Å²) in [5, 5.41) is 6.48. The molecule has 3 rings (SSSR count). The molecule has 2 N–H and O–H groups in total. The summed E-state index contributed by atoms with van der Waals surface area (Å²) in [5.41, 5.74) is 2.69. The maximum atomic E-state index is 12.4. The maximum absolute atomic E-state index is 12.4. The Labute approximate surface area is 158 Å². The van der Waals surface area contributed by atoms with E-state index in [1.807, 2.05) is 31.2 Å². The summed E-state index contributed by atoms with van der Waals surface area (Å²) in [6.45, 7) is 5.46. The van der Waals surface area contributed by atoms with Crippen LogP contribution in [0.25, 0.3) is 0 Å². The van der Waals surface area contributed by atoms with Crippen molar-refractivity contribution < 1.29 is 9.53 Å². The van der Waals surface area contributed by atoms with Gasteiger partial charge in [-0.2, -0.15) is 0 Å². The van der Waals surface area contributed by atoms with Crippen LogP contribution in [0.15, 0.2) is 42.7 Å². The Morgan fingerprint density at radius 2 is 2.00 bits per heavy atom. The first-order chi connectivity index (χ1) is 12.6. The molecular weight excluding hydrogens is 352 g/mol. The summed E-state index contributed by atoms with van der Waals surface area (Å²) < 4.78 is 5.45. The maximum Gasteiger partial charge on any atom is 0.319 e. The lowest BCUT2D eigenvalue weighted by Gasteiger charge is -2.34. The molecule has 1 aliphatic heterocycles. The highest BCUT2D eigenvalue weighted by molar-refractivity contribution is 6.31. The molecule has 2 amide bonds. The van der Waals surface area contributed by atoms with E-state index in [0.717, 1.165) is 24.2 Å². The monoisotopic (exact) mass is 374 g/mol. The predicted molar refractivity (Wildman–Crippen MR) is 103 cm³/mol. The molecule has 1 atom stereocenters. The Morgan fingerprint density at radius 3 is 2.73 bits per heavy atom. The van der Waals surface area contributed by atoms with Crippen molar-refractivity contribution in [1.29, 1.82) is 0 Å². The van der Waals surface area contributed by atoms with Crippen LogP contribution in [0, 0.1) is 6.92 Å². The Hall–Kier alpha value is -2.15. The van der Waals surface area contributed by atoms with E-state index in [4.69, 9.17) is 16.3 Å². The van der Waals surface area contributed by atoms with Crippen LogP contribution >= 0.6 is 11.6 Å². The molecule has 1 aliphatic rings. The number of anilines is 1. The number of urea groups is 1. The summed E-state index contributed by atoms with van der Waals surface area (Å²) in [4.78, 5) is 18.8. The molecule has 2 aromatic rings. The first-order valence-electron chi connectivity index (χ1n) is 8.67. The Bertz CT molecular complexity index is 736. The Kier molecular flexibility index (Phi) is 6.44. The van der Waals surface area contributed by atoms with Crippen LogP contribution < -0.4 is 10.6 Å². The van der Waals surface area contributed by atoms with Crippen LogP contribution in [0.1, 0.15) is 17.2 Å². The zero-order chi connectivity index (χ0) is 18.4. The number of morpholine rings is 1. The van der Waals surface area contributed by atoms with Crippen molar-refractivity contribution >= 4 is 23.3 Å². The summed E-state index contributed by atoms with van der Waals surface area (Å²) in [6, 6.07) is 9.26. The molecule has 138 valence electrons. The average Bonchev–Trinajstić information content (AvgIpc) is 2.67.